The molecule has 0 atom stereocenters. The van der Waals surface area contributed by atoms with Crippen molar-refractivity contribution in [3.05, 3.63) is 69.6 Å². The van der Waals surface area contributed by atoms with E-state index in [0.717, 1.165) is 18.4 Å². The average molecular weight is 468 g/mol. The van der Waals surface area contributed by atoms with E-state index in [1.54, 1.807) is 23.6 Å². The van der Waals surface area contributed by atoms with Crippen LogP contribution in [0.15, 0.2) is 53.9 Å². The number of ether oxygens (including phenoxy) is 2. The maximum Gasteiger partial charge on any atom is 0.270 e. The van der Waals surface area contributed by atoms with Crippen LogP contribution in [0.25, 0.3) is 17.3 Å². The molecule has 0 spiro atoms. The lowest BCUT2D eigenvalue weighted by Gasteiger charge is -2.12. The van der Waals surface area contributed by atoms with Crippen LogP contribution < -0.4 is 14.8 Å². The highest BCUT2D eigenvalue weighted by molar-refractivity contribution is 7.14. The van der Waals surface area contributed by atoms with Gasteiger partial charge in [-0.15, -0.1) is 11.3 Å². The second kappa shape index (κ2) is 11.8. The summed E-state index contributed by atoms with van der Waals surface area (Å²) in [5.41, 5.74) is 1.96. The van der Waals surface area contributed by atoms with Crippen LogP contribution in [-0.4, -0.2) is 29.0 Å². The maximum atomic E-state index is 12.4. The summed E-state index contributed by atoms with van der Waals surface area (Å²) in [5.74, 6) is 0.984. The fourth-order valence-electron chi connectivity index (χ4n) is 2.90. The lowest BCUT2D eigenvalue weighted by molar-refractivity contribution is -0.384. The predicted molar refractivity (Wildman–Crippen MR) is 130 cm³/mol. The van der Waals surface area contributed by atoms with E-state index in [2.05, 4.69) is 17.2 Å². The van der Waals surface area contributed by atoms with E-state index in [1.165, 1.54) is 29.5 Å². The summed E-state index contributed by atoms with van der Waals surface area (Å²) in [5, 5.41) is 15.8. The molecule has 1 N–H and O–H groups in total. The lowest BCUT2D eigenvalue weighted by atomic mass is 10.1. The molecule has 3 aromatic rings. The molecule has 0 aliphatic rings. The van der Waals surface area contributed by atoms with E-state index < -0.39 is 4.92 Å². The van der Waals surface area contributed by atoms with Crippen molar-refractivity contribution in [2.75, 3.05) is 18.5 Å². The number of carbonyl (C=O) groups is 1. The van der Waals surface area contributed by atoms with Gasteiger partial charge >= 0.3 is 0 Å². The molecule has 0 aliphatic heterocycles. The Morgan fingerprint density at radius 2 is 2.03 bits per heavy atom. The molecule has 33 heavy (non-hydrogen) atoms. The highest BCUT2D eigenvalue weighted by atomic mass is 32.1. The molecule has 172 valence electrons. The predicted octanol–water partition coefficient (Wildman–Crippen LogP) is 5.95. The second-order valence-electron chi connectivity index (χ2n) is 7.01. The molecule has 2 aromatic carbocycles. The van der Waals surface area contributed by atoms with Gasteiger partial charge in [-0.3, -0.25) is 20.2 Å². The first-order valence-corrected chi connectivity index (χ1v) is 11.5. The number of amides is 1. The van der Waals surface area contributed by atoms with Crippen molar-refractivity contribution < 1.29 is 19.2 Å². The number of unbranched alkanes of at least 4 members (excludes halogenated alkanes) is 1. The van der Waals surface area contributed by atoms with Crippen LogP contribution in [0.5, 0.6) is 11.5 Å². The van der Waals surface area contributed by atoms with Crippen LogP contribution in [0.4, 0.5) is 10.8 Å². The summed E-state index contributed by atoms with van der Waals surface area (Å²) < 4.78 is 11.4. The van der Waals surface area contributed by atoms with Crippen molar-refractivity contribution in [3.63, 3.8) is 0 Å². The average Bonchev–Trinajstić information content (AvgIpc) is 3.27. The zero-order valence-electron chi connectivity index (χ0n) is 18.4. The van der Waals surface area contributed by atoms with E-state index in [1.807, 2.05) is 25.1 Å². The number of rotatable bonds is 11. The van der Waals surface area contributed by atoms with Gasteiger partial charge in [0.1, 0.15) is 0 Å². The number of carbonyl (C=O) groups excluding carboxylic acids is 1. The fourth-order valence-corrected chi connectivity index (χ4v) is 3.63. The Hall–Kier alpha value is -3.72. The number of nitrogens with one attached hydrogen (secondary N) is 1. The Kier molecular flexibility index (Phi) is 8.54. The lowest BCUT2D eigenvalue weighted by Crippen LogP contribution is -2.07. The minimum absolute atomic E-state index is 0.0118. The second-order valence-corrected chi connectivity index (χ2v) is 7.87. The third-order valence-electron chi connectivity index (χ3n) is 4.54. The quantitative estimate of drug-likeness (QED) is 0.162. The number of aromatic nitrogens is 1. The summed E-state index contributed by atoms with van der Waals surface area (Å²) in [7, 11) is 0. The molecular weight excluding hydrogens is 442 g/mol. The molecular formula is C24H25N3O5S. The summed E-state index contributed by atoms with van der Waals surface area (Å²) in [4.78, 5) is 27.2. The first-order valence-electron chi connectivity index (χ1n) is 10.6. The number of nitrogens with zero attached hydrogens (tertiary/aromatic N) is 2. The molecule has 0 unspecified atom stereocenters. The minimum Gasteiger partial charge on any atom is -0.490 e. The van der Waals surface area contributed by atoms with Gasteiger partial charge in [0.2, 0.25) is 5.91 Å². The van der Waals surface area contributed by atoms with Crippen LogP contribution in [-0.2, 0) is 4.79 Å². The zero-order valence-corrected chi connectivity index (χ0v) is 19.3. The van der Waals surface area contributed by atoms with Crippen molar-refractivity contribution in [1.82, 2.24) is 4.98 Å². The molecule has 3 rings (SSSR count). The van der Waals surface area contributed by atoms with Gasteiger partial charge in [0.15, 0.2) is 16.6 Å². The number of thiazole rings is 1. The normalized spacial score (nSPS) is 10.8. The van der Waals surface area contributed by atoms with Crippen LogP contribution in [0.2, 0.25) is 0 Å². The van der Waals surface area contributed by atoms with Gasteiger partial charge in [-0.2, -0.15) is 0 Å². The molecule has 9 heteroatoms. The summed E-state index contributed by atoms with van der Waals surface area (Å²) in [6.45, 7) is 5.14. The van der Waals surface area contributed by atoms with E-state index in [9.17, 15) is 14.9 Å². The molecule has 1 aromatic heterocycles. The standard InChI is InChI=1S/C24H25N3O5S/c1-3-5-13-32-21-11-9-17(14-22(21)31-4-2)10-12-23(28)26-24-25-20(16-33-24)18-7-6-8-19(15-18)27(29)30/h6-12,14-16H,3-5,13H2,1-2H3,(H,25,26,28)/b12-10+. The van der Waals surface area contributed by atoms with Crippen LogP contribution >= 0.6 is 11.3 Å². The third kappa shape index (κ3) is 6.88. The first kappa shape index (κ1) is 23.9. The monoisotopic (exact) mass is 467 g/mol. The van der Waals surface area contributed by atoms with Gasteiger partial charge in [-0.1, -0.05) is 31.5 Å². The molecule has 0 saturated carbocycles. The largest absolute Gasteiger partial charge is 0.490 e. The molecule has 0 aliphatic carbocycles. The summed E-state index contributed by atoms with van der Waals surface area (Å²) >= 11 is 1.25. The van der Waals surface area contributed by atoms with E-state index in [0.29, 0.717) is 41.1 Å². The molecule has 1 heterocycles. The van der Waals surface area contributed by atoms with Crippen molar-refractivity contribution in [2.24, 2.45) is 0 Å². The number of anilines is 1. The zero-order chi connectivity index (χ0) is 23.6. The van der Waals surface area contributed by atoms with Gasteiger partial charge in [0.25, 0.3) is 5.69 Å². The van der Waals surface area contributed by atoms with E-state index in [4.69, 9.17) is 9.47 Å². The SMILES string of the molecule is CCCCOc1ccc(/C=C/C(=O)Nc2nc(-c3cccc([N+](=O)[O-])c3)cs2)cc1OCC. The highest BCUT2D eigenvalue weighted by Crippen LogP contribution is 2.30. The van der Waals surface area contributed by atoms with Gasteiger partial charge in [-0.05, 0) is 37.1 Å². The third-order valence-corrected chi connectivity index (χ3v) is 5.29. The molecule has 0 saturated heterocycles. The Morgan fingerprint density at radius 3 is 2.79 bits per heavy atom. The number of non-ortho nitro benzene ring substituents is 1. The van der Waals surface area contributed by atoms with Crippen LogP contribution in [0, 0.1) is 10.1 Å². The van der Waals surface area contributed by atoms with Gasteiger partial charge in [-0.25, -0.2) is 4.98 Å². The highest BCUT2D eigenvalue weighted by Gasteiger charge is 2.11. The maximum absolute atomic E-state index is 12.4. The molecule has 1 amide bonds. The molecule has 0 fully saturated rings. The molecule has 8 nitrogen and oxygen atoms in total. The van der Waals surface area contributed by atoms with E-state index in [-0.39, 0.29) is 11.6 Å². The van der Waals surface area contributed by atoms with Crippen molar-refractivity contribution in [2.45, 2.75) is 26.7 Å². The van der Waals surface area contributed by atoms with E-state index >= 15 is 0 Å². The number of hydrogen-bond donors (Lipinski definition) is 1. The molecule has 0 radical (unpaired) electrons. The Bertz CT molecular complexity index is 1140. The van der Waals surface area contributed by atoms with Crippen molar-refractivity contribution >= 4 is 34.1 Å². The van der Waals surface area contributed by atoms with Gasteiger partial charge in [0.05, 0.1) is 23.8 Å². The Balaban J connectivity index is 1.65. The minimum atomic E-state index is -0.454. The van der Waals surface area contributed by atoms with Gasteiger partial charge < -0.3 is 9.47 Å². The summed E-state index contributed by atoms with van der Waals surface area (Å²) in [6, 6.07) is 11.7. The van der Waals surface area contributed by atoms with Gasteiger partial charge in [0, 0.05) is 29.2 Å². The number of benzene rings is 2. The molecule has 0 bridgehead atoms. The first-order chi connectivity index (χ1) is 16.0. The summed E-state index contributed by atoms with van der Waals surface area (Å²) in [6.07, 6.45) is 5.11. The number of hydrogen-bond acceptors (Lipinski definition) is 7. The van der Waals surface area contributed by atoms with Crippen molar-refractivity contribution in [1.29, 1.82) is 0 Å². The van der Waals surface area contributed by atoms with Crippen LogP contribution in [0.1, 0.15) is 32.3 Å². The topological polar surface area (TPSA) is 104 Å². The Morgan fingerprint density at radius 1 is 1.18 bits per heavy atom. The number of nitro benzene ring substituents is 1. The Labute approximate surface area is 196 Å². The van der Waals surface area contributed by atoms with Crippen molar-refractivity contribution in [3.8, 4) is 22.8 Å². The number of nitro groups is 1. The smallest absolute Gasteiger partial charge is 0.270 e. The fraction of sp³-hybridized carbons (Fsp3) is 0.250. The van der Waals surface area contributed by atoms with Crippen LogP contribution in [0.3, 0.4) is 0 Å².